The van der Waals surface area contributed by atoms with Gasteiger partial charge in [-0.2, -0.15) is 0 Å². The fraction of sp³-hybridized carbons (Fsp3) is 0.357. The van der Waals surface area contributed by atoms with E-state index >= 15 is 0 Å². The van der Waals surface area contributed by atoms with E-state index in [1.54, 1.807) is 12.2 Å². The summed E-state index contributed by atoms with van der Waals surface area (Å²) in [4.78, 5) is 0. The second-order valence-electron chi connectivity index (χ2n) is 7.51. The van der Waals surface area contributed by atoms with Crippen LogP contribution in [0.15, 0.2) is 109 Å². The molecule has 0 spiro atoms. The SMILES string of the molecule is C=C(C)/C=C\C(=C)C(=C)/C(F)=C\C(=C)C(=C)/C=C\C(=C)C(C)CCC(C)C.CC. The molecular weight excluding hydrogens is 355 g/mol. The molecule has 0 saturated heterocycles. The third kappa shape index (κ3) is 13.4. The molecule has 0 aromatic carbocycles. The van der Waals surface area contributed by atoms with Crippen LogP contribution < -0.4 is 0 Å². The summed E-state index contributed by atoms with van der Waals surface area (Å²) < 4.78 is 14.4. The fourth-order valence-electron chi connectivity index (χ4n) is 2.08. The van der Waals surface area contributed by atoms with Crippen LogP contribution in [0.3, 0.4) is 0 Å². The summed E-state index contributed by atoms with van der Waals surface area (Å²) in [6, 6.07) is 0. The Hall–Kier alpha value is -2.41. The van der Waals surface area contributed by atoms with Crippen LogP contribution in [0, 0.1) is 11.8 Å². The van der Waals surface area contributed by atoms with E-state index in [0.717, 1.165) is 17.6 Å². The van der Waals surface area contributed by atoms with Crippen LogP contribution in [-0.4, -0.2) is 0 Å². The van der Waals surface area contributed by atoms with E-state index in [2.05, 4.69) is 60.2 Å². The van der Waals surface area contributed by atoms with Crippen molar-refractivity contribution in [2.75, 3.05) is 0 Å². The van der Waals surface area contributed by atoms with Crippen molar-refractivity contribution in [2.24, 2.45) is 11.8 Å². The molecule has 0 radical (unpaired) electrons. The molecule has 0 aromatic heterocycles. The molecule has 0 N–H and O–H groups in total. The van der Waals surface area contributed by atoms with Gasteiger partial charge < -0.3 is 0 Å². The highest BCUT2D eigenvalue weighted by Crippen LogP contribution is 2.23. The first-order valence-electron chi connectivity index (χ1n) is 10.3. The largest absolute Gasteiger partial charge is 0.206 e. The summed E-state index contributed by atoms with van der Waals surface area (Å²) in [5.74, 6) is 0.607. The molecule has 0 aliphatic heterocycles. The summed E-state index contributed by atoms with van der Waals surface area (Å²) in [6.07, 6.45) is 10.8. The Kier molecular flexibility index (Phi) is 15.4. The molecule has 0 aromatic rings. The first-order valence-corrected chi connectivity index (χ1v) is 10.3. The van der Waals surface area contributed by atoms with Gasteiger partial charge >= 0.3 is 0 Å². The highest BCUT2D eigenvalue weighted by atomic mass is 19.1. The maximum Gasteiger partial charge on any atom is 0.131 e. The lowest BCUT2D eigenvalue weighted by molar-refractivity contribution is 0.494. The highest BCUT2D eigenvalue weighted by Gasteiger charge is 2.07. The van der Waals surface area contributed by atoms with Crippen LogP contribution in [0.4, 0.5) is 4.39 Å². The second-order valence-corrected chi connectivity index (χ2v) is 7.51. The standard InChI is InChI=1S/C26H35F.C2H6/c1-18(2)11-13-20(5)21(6)15-16-22(7)24(9)17-26(27)25(10)23(8)14-12-19(3)4;1-2/h12,14-18,20H,3,6-11,13H2,1-2,4-5H3;1-2H3/b14-12-,16-15-,26-17+;. The highest BCUT2D eigenvalue weighted by molar-refractivity contribution is 5.52. The van der Waals surface area contributed by atoms with Crippen molar-refractivity contribution in [3.05, 3.63) is 109 Å². The average molecular weight is 397 g/mol. The first-order chi connectivity index (χ1) is 13.5. The van der Waals surface area contributed by atoms with Crippen LogP contribution in [0.2, 0.25) is 0 Å². The zero-order valence-electron chi connectivity index (χ0n) is 19.6. The molecule has 0 aliphatic carbocycles. The Labute approximate surface area is 180 Å². The molecule has 0 rings (SSSR count). The lowest BCUT2D eigenvalue weighted by Crippen LogP contribution is -1.99. The normalized spacial score (nSPS) is 12.5. The Morgan fingerprint density at radius 3 is 1.76 bits per heavy atom. The van der Waals surface area contributed by atoms with Crippen LogP contribution in [0.1, 0.15) is 54.4 Å². The summed E-state index contributed by atoms with van der Waals surface area (Å²) in [5, 5.41) is 0. The third-order valence-corrected chi connectivity index (χ3v) is 4.27. The molecule has 0 amide bonds. The third-order valence-electron chi connectivity index (χ3n) is 4.27. The molecule has 1 atom stereocenters. The molecule has 0 nitrogen and oxygen atoms in total. The molecular formula is C28H41F. The quantitative estimate of drug-likeness (QED) is 0.288. The zero-order chi connectivity index (χ0) is 23.1. The van der Waals surface area contributed by atoms with E-state index in [4.69, 9.17) is 0 Å². The summed E-state index contributed by atoms with van der Waals surface area (Å²) in [7, 11) is 0. The molecule has 0 aliphatic rings. The lowest BCUT2D eigenvalue weighted by Gasteiger charge is -2.13. The van der Waals surface area contributed by atoms with Crippen LogP contribution in [0.25, 0.3) is 0 Å². The Balaban J connectivity index is 0. The minimum absolute atomic E-state index is 0.220. The smallest absolute Gasteiger partial charge is 0.131 e. The van der Waals surface area contributed by atoms with Gasteiger partial charge in [0.15, 0.2) is 0 Å². The van der Waals surface area contributed by atoms with E-state index in [9.17, 15) is 4.39 Å². The van der Waals surface area contributed by atoms with Gasteiger partial charge in [-0.05, 0) is 48.0 Å². The van der Waals surface area contributed by atoms with Gasteiger partial charge in [-0.25, -0.2) is 4.39 Å². The Bertz CT molecular complexity index is 705. The first kappa shape index (κ1) is 28.8. The van der Waals surface area contributed by atoms with Gasteiger partial charge in [-0.3, -0.25) is 0 Å². The van der Waals surface area contributed by atoms with E-state index < -0.39 is 5.83 Å². The maximum atomic E-state index is 14.4. The van der Waals surface area contributed by atoms with Crippen molar-refractivity contribution in [3.63, 3.8) is 0 Å². The van der Waals surface area contributed by atoms with Crippen molar-refractivity contribution in [3.8, 4) is 0 Å². The van der Waals surface area contributed by atoms with Gasteiger partial charge in [0.05, 0.1) is 0 Å². The van der Waals surface area contributed by atoms with Crippen LogP contribution in [-0.2, 0) is 0 Å². The van der Waals surface area contributed by atoms with Gasteiger partial charge in [0, 0.05) is 5.57 Å². The summed E-state index contributed by atoms with van der Waals surface area (Å²) >= 11 is 0. The van der Waals surface area contributed by atoms with Gasteiger partial charge in [0.1, 0.15) is 5.83 Å². The number of hydrogen-bond acceptors (Lipinski definition) is 0. The summed E-state index contributed by atoms with van der Waals surface area (Å²) in [6.45, 7) is 35.8. The molecule has 1 heteroatoms. The summed E-state index contributed by atoms with van der Waals surface area (Å²) in [5.41, 5.74) is 3.74. The van der Waals surface area contributed by atoms with Gasteiger partial charge in [-0.15, -0.1) is 0 Å². The maximum absolute atomic E-state index is 14.4. The number of allylic oxidation sites excluding steroid dienone is 12. The van der Waals surface area contributed by atoms with Gasteiger partial charge in [0.2, 0.25) is 0 Å². The molecule has 0 bridgehead atoms. The molecule has 29 heavy (non-hydrogen) atoms. The van der Waals surface area contributed by atoms with Crippen molar-refractivity contribution in [1.29, 1.82) is 0 Å². The minimum Gasteiger partial charge on any atom is -0.206 e. The van der Waals surface area contributed by atoms with E-state index in [1.807, 2.05) is 32.9 Å². The topological polar surface area (TPSA) is 0 Å². The van der Waals surface area contributed by atoms with Crippen molar-refractivity contribution in [1.82, 2.24) is 0 Å². The van der Waals surface area contributed by atoms with Gasteiger partial charge in [0.25, 0.3) is 0 Å². The van der Waals surface area contributed by atoms with Crippen molar-refractivity contribution in [2.45, 2.75) is 54.4 Å². The molecule has 0 heterocycles. The fourth-order valence-corrected chi connectivity index (χ4v) is 2.08. The number of hydrogen-bond donors (Lipinski definition) is 0. The lowest BCUT2D eigenvalue weighted by atomic mass is 9.93. The Morgan fingerprint density at radius 1 is 0.759 bits per heavy atom. The average Bonchev–Trinajstić information content (AvgIpc) is 2.68. The van der Waals surface area contributed by atoms with E-state index in [1.165, 1.54) is 12.5 Å². The molecule has 0 saturated carbocycles. The molecule has 160 valence electrons. The number of rotatable bonds is 12. The predicted molar refractivity (Wildman–Crippen MR) is 133 cm³/mol. The second kappa shape index (κ2) is 15.5. The molecule has 0 fully saturated rings. The van der Waals surface area contributed by atoms with Crippen LogP contribution in [0.5, 0.6) is 0 Å². The van der Waals surface area contributed by atoms with Crippen molar-refractivity contribution < 1.29 is 4.39 Å². The van der Waals surface area contributed by atoms with Crippen LogP contribution >= 0.6 is 0 Å². The Morgan fingerprint density at radius 2 is 1.28 bits per heavy atom. The minimum atomic E-state index is -0.477. The monoisotopic (exact) mass is 396 g/mol. The van der Waals surface area contributed by atoms with E-state index in [-0.39, 0.29) is 5.57 Å². The predicted octanol–water partition coefficient (Wildman–Crippen LogP) is 9.41. The zero-order valence-corrected chi connectivity index (χ0v) is 19.6. The molecule has 1 unspecified atom stereocenters. The number of halogens is 1. The van der Waals surface area contributed by atoms with Gasteiger partial charge in [-0.1, -0.05) is 116 Å². The van der Waals surface area contributed by atoms with Crippen molar-refractivity contribution >= 4 is 0 Å². The van der Waals surface area contributed by atoms with E-state index in [0.29, 0.717) is 28.6 Å².